The van der Waals surface area contributed by atoms with E-state index in [1.165, 1.54) is 0 Å². The first-order valence-electron chi connectivity index (χ1n) is 7.75. The van der Waals surface area contributed by atoms with Crippen LogP contribution >= 0.6 is 0 Å². The summed E-state index contributed by atoms with van der Waals surface area (Å²) in [4.78, 5) is 0.354. The lowest BCUT2D eigenvalue weighted by Gasteiger charge is -2.12. The van der Waals surface area contributed by atoms with Gasteiger partial charge >= 0.3 is 0 Å². The number of nitrogens with zero attached hydrogens (tertiary/aromatic N) is 2. The Hall–Kier alpha value is -2.60. The van der Waals surface area contributed by atoms with Gasteiger partial charge in [-0.2, -0.15) is 5.10 Å². The summed E-state index contributed by atoms with van der Waals surface area (Å²) in [6, 6.07) is 16.8. The fourth-order valence-electron chi connectivity index (χ4n) is 2.44. The summed E-state index contributed by atoms with van der Waals surface area (Å²) in [5.74, 6) is 0.108. The molecule has 0 aliphatic rings. The molecule has 1 aromatic heterocycles. The first kappa shape index (κ1) is 16.3. The number of para-hydroxylation sites is 1. The Bertz CT molecular complexity index is 902. The summed E-state index contributed by atoms with van der Waals surface area (Å²) in [6.45, 7) is 2.27. The molecule has 24 heavy (non-hydrogen) atoms. The zero-order valence-corrected chi connectivity index (χ0v) is 14.2. The quantitative estimate of drug-likeness (QED) is 0.747. The number of hydrogen-bond acceptors (Lipinski definition) is 4. The summed E-state index contributed by atoms with van der Waals surface area (Å²) in [5, 5.41) is 7.60. The number of aromatic nitrogens is 2. The van der Waals surface area contributed by atoms with E-state index in [1.54, 1.807) is 37.4 Å². The second-order valence-electron chi connectivity index (χ2n) is 5.36. The Kier molecular flexibility index (Phi) is 4.66. The average molecular weight is 341 g/mol. The van der Waals surface area contributed by atoms with Gasteiger partial charge in [0.25, 0.3) is 0 Å². The van der Waals surface area contributed by atoms with Gasteiger partial charge in [0.05, 0.1) is 16.3 Å². The van der Waals surface area contributed by atoms with Crippen LogP contribution in [0.2, 0.25) is 0 Å². The van der Waals surface area contributed by atoms with Gasteiger partial charge in [-0.05, 0) is 42.0 Å². The second kappa shape index (κ2) is 6.88. The Balaban J connectivity index is 1.75. The number of benzene rings is 2. The van der Waals surface area contributed by atoms with Crippen molar-refractivity contribution in [3.05, 3.63) is 72.6 Å². The number of nitrogens with one attached hydrogen (secondary N) is 1. The maximum atomic E-state index is 11.8. The number of sulfone groups is 1. The predicted molar refractivity (Wildman–Crippen MR) is 95.1 cm³/mol. The van der Waals surface area contributed by atoms with E-state index in [0.29, 0.717) is 11.4 Å². The van der Waals surface area contributed by atoms with E-state index in [4.69, 9.17) is 0 Å². The van der Waals surface area contributed by atoms with Crippen molar-refractivity contribution in [3.63, 3.8) is 0 Å². The third kappa shape index (κ3) is 3.49. The molecule has 3 rings (SSSR count). The molecule has 0 saturated heterocycles. The minimum Gasteiger partial charge on any atom is -0.381 e. The van der Waals surface area contributed by atoms with Gasteiger partial charge in [0, 0.05) is 24.6 Å². The Labute approximate surface area is 141 Å². The van der Waals surface area contributed by atoms with Crippen LogP contribution in [-0.2, 0) is 16.4 Å². The molecule has 0 saturated carbocycles. The lowest BCUT2D eigenvalue weighted by Crippen LogP contribution is -2.06. The fraction of sp³-hybridized carbons (Fsp3) is 0.167. The molecule has 2 aromatic carbocycles. The van der Waals surface area contributed by atoms with E-state index in [9.17, 15) is 8.42 Å². The molecule has 5 nitrogen and oxygen atoms in total. The highest BCUT2D eigenvalue weighted by Gasteiger charge is 2.10. The van der Waals surface area contributed by atoms with Crippen LogP contribution in [0.25, 0.3) is 5.69 Å². The van der Waals surface area contributed by atoms with Crippen LogP contribution < -0.4 is 5.32 Å². The van der Waals surface area contributed by atoms with Crippen LogP contribution in [0.15, 0.2) is 71.9 Å². The minimum absolute atomic E-state index is 0.108. The standard InChI is InChI=1S/C18H19N3O2S/c1-2-24(22,23)17-10-8-16(9-11-17)19-14-15-6-3-4-7-18(15)21-13-5-12-20-21/h3-13,19H,2,14H2,1H3. The summed E-state index contributed by atoms with van der Waals surface area (Å²) in [7, 11) is -3.16. The highest BCUT2D eigenvalue weighted by Crippen LogP contribution is 2.18. The molecule has 0 aliphatic heterocycles. The summed E-state index contributed by atoms with van der Waals surface area (Å²) in [6.07, 6.45) is 3.65. The molecule has 0 atom stereocenters. The molecule has 0 amide bonds. The van der Waals surface area contributed by atoms with Gasteiger partial charge in [0.2, 0.25) is 0 Å². The summed E-state index contributed by atoms with van der Waals surface area (Å²) < 4.78 is 25.5. The van der Waals surface area contributed by atoms with Gasteiger partial charge in [-0.15, -0.1) is 0 Å². The third-order valence-electron chi connectivity index (χ3n) is 3.82. The van der Waals surface area contributed by atoms with Crippen LogP contribution in [-0.4, -0.2) is 24.0 Å². The van der Waals surface area contributed by atoms with Gasteiger partial charge in [-0.1, -0.05) is 25.1 Å². The zero-order chi connectivity index (χ0) is 17.0. The van der Waals surface area contributed by atoms with Gasteiger partial charge < -0.3 is 5.32 Å². The van der Waals surface area contributed by atoms with Crippen molar-refractivity contribution >= 4 is 15.5 Å². The zero-order valence-electron chi connectivity index (χ0n) is 13.4. The van der Waals surface area contributed by atoms with Crippen molar-refractivity contribution in [3.8, 4) is 5.69 Å². The monoisotopic (exact) mass is 341 g/mol. The topological polar surface area (TPSA) is 64.0 Å². The van der Waals surface area contributed by atoms with Gasteiger partial charge in [-0.25, -0.2) is 13.1 Å². The fourth-order valence-corrected chi connectivity index (χ4v) is 3.32. The molecule has 0 spiro atoms. The highest BCUT2D eigenvalue weighted by molar-refractivity contribution is 7.91. The van der Waals surface area contributed by atoms with Crippen molar-refractivity contribution in [2.45, 2.75) is 18.4 Å². The van der Waals surface area contributed by atoms with E-state index in [-0.39, 0.29) is 5.75 Å². The molecule has 6 heteroatoms. The van der Waals surface area contributed by atoms with Crippen LogP contribution in [0.4, 0.5) is 5.69 Å². The molecule has 1 N–H and O–H groups in total. The van der Waals surface area contributed by atoms with Crippen LogP contribution in [0.5, 0.6) is 0 Å². The Morgan fingerprint density at radius 3 is 2.46 bits per heavy atom. The van der Waals surface area contributed by atoms with Gasteiger partial charge in [-0.3, -0.25) is 0 Å². The molecule has 124 valence electrons. The molecule has 0 unspecified atom stereocenters. The lowest BCUT2D eigenvalue weighted by atomic mass is 10.1. The molecule has 0 fully saturated rings. The smallest absolute Gasteiger partial charge is 0.178 e. The van der Waals surface area contributed by atoms with Crippen molar-refractivity contribution in [1.29, 1.82) is 0 Å². The highest BCUT2D eigenvalue weighted by atomic mass is 32.2. The van der Waals surface area contributed by atoms with Crippen LogP contribution in [0.1, 0.15) is 12.5 Å². The normalized spacial score (nSPS) is 11.4. The number of rotatable bonds is 6. The molecular formula is C18H19N3O2S. The molecule has 0 aliphatic carbocycles. The molecular weight excluding hydrogens is 322 g/mol. The Morgan fingerprint density at radius 1 is 1.04 bits per heavy atom. The van der Waals surface area contributed by atoms with Crippen molar-refractivity contribution in [2.24, 2.45) is 0 Å². The molecule has 1 heterocycles. The SMILES string of the molecule is CCS(=O)(=O)c1ccc(NCc2ccccc2-n2cccn2)cc1. The van der Waals surface area contributed by atoms with E-state index in [2.05, 4.69) is 10.4 Å². The van der Waals surface area contributed by atoms with Crippen molar-refractivity contribution in [1.82, 2.24) is 9.78 Å². The van der Waals surface area contributed by atoms with Crippen molar-refractivity contribution < 1.29 is 8.42 Å². The largest absolute Gasteiger partial charge is 0.381 e. The van der Waals surface area contributed by atoms with E-state index < -0.39 is 9.84 Å². The van der Waals surface area contributed by atoms with Gasteiger partial charge in [0.15, 0.2) is 9.84 Å². The van der Waals surface area contributed by atoms with Crippen LogP contribution in [0, 0.1) is 0 Å². The van der Waals surface area contributed by atoms with E-state index in [0.717, 1.165) is 16.9 Å². The summed E-state index contributed by atoms with van der Waals surface area (Å²) >= 11 is 0. The summed E-state index contributed by atoms with van der Waals surface area (Å²) in [5.41, 5.74) is 2.99. The van der Waals surface area contributed by atoms with E-state index in [1.807, 2.05) is 41.2 Å². The maximum absolute atomic E-state index is 11.8. The maximum Gasteiger partial charge on any atom is 0.178 e. The molecule has 0 radical (unpaired) electrons. The first-order chi connectivity index (χ1) is 11.6. The molecule has 3 aromatic rings. The Morgan fingerprint density at radius 2 is 1.79 bits per heavy atom. The van der Waals surface area contributed by atoms with Crippen LogP contribution in [0.3, 0.4) is 0 Å². The lowest BCUT2D eigenvalue weighted by molar-refractivity contribution is 0.597. The number of hydrogen-bond donors (Lipinski definition) is 1. The minimum atomic E-state index is -3.16. The number of anilines is 1. The van der Waals surface area contributed by atoms with Gasteiger partial charge in [0.1, 0.15) is 0 Å². The average Bonchev–Trinajstić information content (AvgIpc) is 3.15. The second-order valence-corrected chi connectivity index (χ2v) is 7.64. The third-order valence-corrected chi connectivity index (χ3v) is 5.57. The first-order valence-corrected chi connectivity index (χ1v) is 9.40. The van der Waals surface area contributed by atoms with Crippen molar-refractivity contribution in [2.75, 3.05) is 11.1 Å². The predicted octanol–water partition coefficient (Wildman–Crippen LogP) is 3.28. The van der Waals surface area contributed by atoms with E-state index >= 15 is 0 Å². The molecule has 0 bridgehead atoms.